The fourth-order valence-electron chi connectivity index (χ4n) is 1.44. The van der Waals surface area contributed by atoms with Gasteiger partial charge in [0.25, 0.3) is 0 Å². The quantitative estimate of drug-likeness (QED) is 0.424. The lowest BCUT2D eigenvalue weighted by atomic mass is 10.2. The minimum atomic E-state index is -1.47. The maximum absolute atomic E-state index is 9.95. The lowest BCUT2D eigenvalue weighted by molar-refractivity contribution is -0.0876. The third-order valence-electron chi connectivity index (χ3n) is 2.62. The molecule has 5 nitrogen and oxygen atoms in total. The predicted molar refractivity (Wildman–Crippen MR) is 75.3 cm³/mol. The molecule has 1 unspecified atom stereocenters. The minimum Gasteiger partial charge on any atom is -0.474 e. The summed E-state index contributed by atoms with van der Waals surface area (Å²) in [5.74, 6) is 0. The molecule has 1 N–H and O–H groups in total. The van der Waals surface area contributed by atoms with Crippen LogP contribution in [0.1, 0.15) is 11.7 Å². The Kier molecular flexibility index (Phi) is 6.74. The molecule has 110 valence electrons. The lowest BCUT2D eigenvalue weighted by Gasteiger charge is -2.11. The van der Waals surface area contributed by atoms with Crippen molar-refractivity contribution in [2.75, 3.05) is 33.7 Å². The predicted octanol–water partition coefficient (Wildman–Crippen LogP) is 1.50. The average Bonchev–Trinajstić information content (AvgIpc) is 2.82. The highest BCUT2D eigenvalue weighted by Gasteiger charge is 2.22. The van der Waals surface area contributed by atoms with Crippen LogP contribution < -0.4 is 5.38 Å². The minimum absolute atomic E-state index is 0.152. The summed E-state index contributed by atoms with van der Waals surface area (Å²) in [7, 11) is 0.145. The highest BCUT2D eigenvalue weighted by Crippen LogP contribution is 2.15. The number of hydrogen-bond donors (Lipinski definition) is 1. The zero-order chi connectivity index (χ0) is 14.3. The molecular formula is C13H24O5Si. The van der Waals surface area contributed by atoms with Crippen molar-refractivity contribution in [3.63, 3.8) is 0 Å². The Morgan fingerprint density at radius 2 is 2.00 bits per heavy atom. The first-order valence-corrected chi connectivity index (χ1v) is 9.86. The van der Waals surface area contributed by atoms with Crippen molar-refractivity contribution in [2.45, 2.75) is 25.7 Å². The van der Waals surface area contributed by atoms with Gasteiger partial charge in [-0.2, -0.15) is 0 Å². The highest BCUT2D eigenvalue weighted by atomic mass is 28.3. The number of ether oxygens (including phenoxy) is 3. The van der Waals surface area contributed by atoms with E-state index in [4.69, 9.17) is 18.6 Å². The monoisotopic (exact) mass is 288 g/mol. The summed E-state index contributed by atoms with van der Waals surface area (Å²) in [6, 6.07) is 1.92. The van der Waals surface area contributed by atoms with Gasteiger partial charge in [0.05, 0.1) is 31.5 Å². The Balaban J connectivity index is 2.29. The van der Waals surface area contributed by atoms with E-state index in [9.17, 15) is 5.11 Å². The standard InChI is InChI=1S/C13H24O5Si/c1-15-5-6-16-10-17-9-12(14)11-7-13(18-8-11)19(2,3)4/h7-8,12,14H,5-6,9-10H2,1-4H3. The lowest BCUT2D eigenvalue weighted by Crippen LogP contribution is -2.36. The summed E-state index contributed by atoms with van der Waals surface area (Å²) in [6.45, 7) is 7.95. The smallest absolute Gasteiger partial charge is 0.146 e. The fourth-order valence-corrected chi connectivity index (χ4v) is 2.45. The average molecular weight is 288 g/mol. The van der Waals surface area contributed by atoms with Gasteiger partial charge in [-0.25, -0.2) is 0 Å². The van der Waals surface area contributed by atoms with E-state index in [0.29, 0.717) is 13.2 Å². The molecule has 1 aromatic heterocycles. The maximum Gasteiger partial charge on any atom is 0.146 e. The molecule has 0 aliphatic carbocycles. The van der Waals surface area contributed by atoms with Gasteiger partial charge in [-0.3, -0.25) is 0 Å². The maximum atomic E-state index is 9.95. The largest absolute Gasteiger partial charge is 0.474 e. The molecule has 1 atom stereocenters. The Morgan fingerprint density at radius 1 is 1.26 bits per heavy atom. The summed E-state index contributed by atoms with van der Waals surface area (Å²) in [5.41, 5.74) is 0.759. The van der Waals surface area contributed by atoms with Gasteiger partial charge in [0.2, 0.25) is 0 Å². The zero-order valence-corrected chi connectivity index (χ0v) is 13.1. The van der Waals surface area contributed by atoms with Gasteiger partial charge in [-0.1, -0.05) is 19.6 Å². The van der Waals surface area contributed by atoms with Gasteiger partial charge in [-0.15, -0.1) is 0 Å². The Bertz CT molecular complexity index is 358. The summed E-state index contributed by atoms with van der Waals surface area (Å²) in [6.07, 6.45) is 0.924. The summed E-state index contributed by atoms with van der Waals surface area (Å²) < 4.78 is 20.7. The zero-order valence-electron chi connectivity index (χ0n) is 12.1. The van der Waals surface area contributed by atoms with Gasteiger partial charge in [0, 0.05) is 12.7 Å². The van der Waals surface area contributed by atoms with Crippen molar-refractivity contribution in [3.8, 4) is 0 Å². The molecular weight excluding hydrogens is 264 g/mol. The number of methoxy groups -OCH3 is 1. The van der Waals surface area contributed by atoms with Crippen LogP contribution in [0.4, 0.5) is 0 Å². The third-order valence-corrected chi connectivity index (χ3v) is 4.36. The first kappa shape index (κ1) is 16.4. The van der Waals surface area contributed by atoms with E-state index in [1.807, 2.05) is 6.07 Å². The molecule has 1 aromatic rings. The van der Waals surface area contributed by atoms with Crippen LogP contribution >= 0.6 is 0 Å². The van der Waals surface area contributed by atoms with E-state index < -0.39 is 14.2 Å². The van der Waals surface area contributed by atoms with Gasteiger partial charge < -0.3 is 23.7 Å². The number of rotatable bonds is 9. The first-order valence-electron chi connectivity index (χ1n) is 6.36. The van der Waals surface area contributed by atoms with E-state index in [1.54, 1.807) is 13.4 Å². The van der Waals surface area contributed by atoms with E-state index in [2.05, 4.69) is 19.6 Å². The van der Waals surface area contributed by atoms with Crippen LogP contribution in [0.15, 0.2) is 16.7 Å². The molecule has 0 amide bonds. The van der Waals surface area contributed by atoms with Crippen LogP contribution in [0.3, 0.4) is 0 Å². The van der Waals surface area contributed by atoms with Crippen LogP contribution in [-0.4, -0.2) is 46.9 Å². The topological polar surface area (TPSA) is 61.1 Å². The molecule has 0 fully saturated rings. The molecule has 0 aliphatic heterocycles. The first-order chi connectivity index (χ1) is 8.95. The molecule has 19 heavy (non-hydrogen) atoms. The molecule has 0 bridgehead atoms. The second-order valence-corrected chi connectivity index (χ2v) is 10.4. The number of aliphatic hydroxyl groups excluding tert-OH is 1. The van der Waals surface area contributed by atoms with Gasteiger partial charge >= 0.3 is 0 Å². The van der Waals surface area contributed by atoms with Crippen molar-refractivity contribution in [2.24, 2.45) is 0 Å². The molecule has 0 saturated carbocycles. The number of aliphatic hydroxyl groups is 1. The summed E-state index contributed by atoms with van der Waals surface area (Å²) in [4.78, 5) is 0. The fraction of sp³-hybridized carbons (Fsp3) is 0.692. The van der Waals surface area contributed by atoms with E-state index in [0.717, 1.165) is 10.9 Å². The van der Waals surface area contributed by atoms with Crippen molar-refractivity contribution in [1.82, 2.24) is 0 Å². The third kappa shape index (κ3) is 5.88. The second kappa shape index (κ2) is 7.81. The van der Waals surface area contributed by atoms with Crippen molar-refractivity contribution in [1.29, 1.82) is 0 Å². The van der Waals surface area contributed by atoms with E-state index in [1.165, 1.54) is 0 Å². The van der Waals surface area contributed by atoms with Crippen LogP contribution in [0.2, 0.25) is 19.6 Å². The molecule has 0 aliphatic rings. The van der Waals surface area contributed by atoms with Crippen LogP contribution in [0.25, 0.3) is 0 Å². The SMILES string of the molecule is COCCOCOCC(O)c1coc([Si](C)(C)C)c1. The van der Waals surface area contributed by atoms with Crippen molar-refractivity contribution >= 4 is 13.5 Å². The summed E-state index contributed by atoms with van der Waals surface area (Å²) in [5, 5.41) is 10.9. The second-order valence-electron chi connectivity index (χ2n) is 5.40. The van der Waals surface area contributed by atoms with Gasteiger partial charge in [-0.05, 0) is 6.07 Å². The molecule has 0 radical (unpaired) electrons. The number of hydrogen-bond acceptors (Lipinski definition) is 5. The Morgan fingerprint density at radius 3 is 2.58 bits per heavy atom. The summed E-state index contributed by atoms with van der Waals surface area (Å²) >= 11 is 0. The molecule has 0 aromatic carbocycles. The van der Waals surface area contributed by atoms with Crippen molar-refractivity contribution < 1.29 is 23.7 Å². The van der Waals surface area contributed by atoms with Crippen LogP contribution in [0, 0.1) is 0 Å². The molecule has 0 saturated heterocycles. The van der Waals surface area contributed by atoms with E-state index >= 15 is 0 Å². The van der Waals surface area contributed by atoms with Gasteiger partial charge in [0.1, 0.15) is 21.0 Å². The number of furan rings is 1. The Labute approximate surface area is 115 Å². The van der Waals surface area contributed by atoms with Crippen LogP contribution in [0.5, 0.6) is 0 Å². The molecule has 1 heterocycles. The van der Waals surface area contributed by atoms with E-state index in [-0.39, 0.29) is 13.4 Å². The van der Waals surface area contributed by atoms with Gasteiger partial charge in [0.15, 0.2) is 0 Å². The molecule has 0 spiro atoms. The Hall–Kier alpha value is -0.663. The van der Waals surface area contributed by atoms with Crippen molar-refractivity contribution in [3.05, 3.63) is 17.9 Å². The molecule has 1 rings (SSSR count). The highest BCUT2D eigenvalue weighted by molar-refractivity contribution is 6.87. The normalized spacial score (nSPS) is 13.7. The van der Waals surface area contributed by atoms with Crippen LogP contribution in [-0.2, 0) is 14.2 Å². The molecule has 6 heteroatoms.